The van der Waals surface area contributed by atoms with E-state index in [1.807, 2.05) is 24.3 Å². The molecule has 0 fully saturated rings. The van der Waals surface area contributed by atoms with Crippen LogP contribution in [-0.4, -0.2) is 29.5 Å². The zero-order valence-corrected chi connectivity index (χ0v) is 11.2. The second kappa shape index (κ2) is 6.06. The molecule has 5 heteroatoms. The van der Waals surface area contributed by atoms with Crippen molar-refractivity contribution in [2.75, 3.05) is 6.54 Å². The SMILES string of the molecule is C=CCNC(=O)C(C)OC(=O)c1c[nH]c2ccccc12. The van der Waals surface area contributed by atoms with Crippen LogP contribution in [0, 0.1) is 0 Å². The van der Waals surface area contributed by atoms with Gasteiger partial charge in [-0.2, -0.15) is 0 Å². The molecule has 1 heterocycles. The quantitative estimate of drug-likeness (QED) is 0.646. The highest BCUT2D eigenvalue weighted by atomic mass is 16.5. The average molecular weight is 272 g/mol. The predicted molar refractivity (Wildman–Crippen MR) is 76.4 cm³/mol. The lowest BCUT2D eigenvalue weighted by Gasteiger charge is -2.12. The van der Waals surface area contributed by atoms with Crippen molar-refractivity contribution in [1.82, 2.24) is 10.3 Å². The molecule has 0 radical (unpaired) electrons. The van der Waals surface area contributed by atoms with Crippen LogP contribution in [0.25, 0.3) is 10.9 Å². The summed E-state index contributed by atoms with van der Waals surface area (Å²) in [5, 5.41) is 3.35. The number of hydrogen-bond acceptors (Lipinski definition) is 3. The van der Waals surface area contributed by atoms with Gasteiger partial charge < -0.3 is 15.0 Å². The highest BCUT2D eigenvalue weighted by molar-refractivity contribution is 6.04. The van der Waals surface area contributed by atoms with Crippen LogP contribution in [0.15, 0.2) is 43.1 Å². The highest BCUT2D eigenvalue weighted by Crippen LogP contribution is 2.18. The number of aromatic nitrogens is 1. The standard InChI is InChI=1S/C15H16N2O3/c1-3-8-16-14(18)10(2)20-15(19)12-9-17-13-7-5-4-6-11(12)13/h3-7,9-10,17H,1,8H2,2H3,(H,16,18). The summed E-state index contributed by atoms with van der Waals surface area (Å²) in [6.07, 6.45) is 2.30. The molecule has 0 aliphatic carbocycles. The first-order valence-corrected chi connectivity index (χ1v) is 6.29. The Bertz CT molecular complexity index is 645. The molecule has 0 aliphatic heterocycles. The minimum absolute atomic E-state index is 0.341. The van der Waals surface area contributed by atoms with Crippen LogP contribution in [0.3, 0.4) is 0 Å². The normalized spacial score (nSPS) is 11.8. The summed E-state index contributed by atoms with van der Waals surface area (Å²) >= 11 is 0. The lowest BCUT2D eigenvalue weighted by Crippen LogP contribution is -2.35. The van der Waals surface area contributed by atoms with Gasteiger partial charge in [-0.3, -0.25) is 4.79 Å². The number of para-hydroxylation sites is 1. The fourth-order valence-corrected chi connectivity index (χ4v) is 1.83. The molecule has 0 saturated heterocycles. The van der Waals surface area contributed by atoms with Crippen molar-refractivity contribution >= 4 is 22.8 Å². The van der Waals surface area contributed by atoms with Crippen LogP contribution in [0.5, 0.6) is 0 Å². The Balaban J connectivity index is 2.08. The van der Waals surface area contributed by atoms with E-state index in [9.17, 15) is 9.59 Å². The fourth-order valence-electron chi connectivity index (χ4n) is 1.83. The van der Waals surface area contributed by atoms with Gasteiger partial charge in [-0.15, -0.1) is 6.58 Å². The van der Waals surface area contributed by atoms with Crippen molar-refractivity contribution < 1.29 is 14.3 Å². The van der Waals surface area contributed by atoms with E-state index in [-0.39, 0.29) is 5.91 Å². The van der Waals surface area contributed by atoms with Crippen LogP contribution in [0.4, 0.5) is 0 Å². The number of nitrogens with one attached hydrogen (secondary N) is 2. The molecule has 5 nitrogen and oxygen atoms in total. The molecule has 0 saturated carbocycles. The largest absolute Gasteiger partial charge is 0.449 e. The van der Waals surface area contributed by atoms with Crippen LogP contribution < -0.4 is 5.32 Å². The summed E-state index contributed by atoms with van der Waals surface area (Å²) in [5.41, 5.74) is 1.27. The van der Waals surface area contributed by atoms with Gasteiger partial charge in [-0.05, 0) is 13.0 Å². The van der Waals surface area contributed by atoms with E-state index in [0.29, 0.717) is 12.1 Å². The topological polar surface area (TPSA) is 71.2 Å². The second-order valence-corrected chi connectivity index (χ2v) is 4.33. The highest BCUT2D eigenvalue weighted by Gasteiger charge is 2.20. The molecule has 0 spiro atoms. The number of amides is 1. The number of rotatable bonds is 5. The number of carbonyl (C=O) groups is 2. The minimum Gasteiger partial charge on any atom is -0.449 e. The summed E-state index contributed by atoms with van der Waals surface area (Å²) in [5.74, 6) is -0.873. The molecule has 1 amide bonds. The predicted octanol–water partition coefficient (Wildman–Crippen LogP) is 2.02. The summed E-state index contributed by atoms with van der Waals surface area (Å²) < 4.78 is 5.16. The second-order valence-electron chi connectivity index (χ2n) is 4.33. The summed E-state index contributed by atoms with van der Waals surface area (Å²) in [6, 6.07) is 7.41. The maximum Gasteiger partial charge on any atom is 0.341 e. The van der Waals surface area contributed by atoms with E-state index in [0.717, 1.165) is 10.9 Å². The van der Waals surface area contributed by atoms with Crippen LogP contribution >= 0.6 is 0 Å². The molecule has 0 bridgehead atoms. The molecule has 1 atom stereocenters. The van der Waals surface area contributed by atoms with Gasteiger partial charge in [-0.25, -0.2) is 4.79 Å². The number of aromatic amines is 1. The lowest BCUT2D eigenvalue weighted by atomic mass is 10.2. The smallest absolute Gasteiger partial charge is 0.341 e. The monoisotopic (exact) mass is 272 g/mol. The zero-order chi connectivity index (χ0) is 14.5. The van der Waals surface area contributed by atoms with Crippen molar-refractivity contribution in [3.05, 3.63) is 48.7 Å². The summed E-state index contributed by atoms with van der Waals surface area (Å²) in [6.45, 7) is 5.38. The van der Waals surface area contributed by atoms with E-state index in [2.05, 4.69) is 16.9 Å². The molecule has 2 rings (SSSR count). The first-order valence-electron chi connectivity index (χ1n) is 6.29. The molecule has 1 aromatic heterocycles. The maximum absolute atomic E-state index is 12.1. The third kappa shape index (κ3) is 2.88. The summed E-state index contributed by atoms with van der Waals surface area (Å²) in [4.78, 5) is 26.7. The van der Waals surface area contributed by atoms with Crippen molar-refractivity contribution in [3.63, 3.8) is 0 Å². The Morgan fingerprint density at radius 1 is 1.45 bits per heavy atom. The van der Waals surface area contributed by atoms with Gasteiger partial charge in [-0.1, -0.05) is 24.3 Å². The number of benzene rings is 1. The fraction of sp³-hybridized carbons (Fsp3) is 0.200. The van der Waals surface area contributed by atoms with Crippen molar-refractivity contribution in [2.45, 2.75) is 13.0 Å². The van der Waals surface area contributed by atoms with Crippen LogP contribution in [0.1, 0.15) is 17.3 Å². The van der Waals surface area contributed by atoms with E-state index in [1.165, 1.54) is 6.92 Å². The summed E-state index contributed by atoms with van der Waals surface area (Å²) in [7, 11) is 0. The number of hydrogen-bond donors (Lipinski definition) is 2. The zero-order valence-electron chi connectivity index (χ0n) is 11.2. The van der Waals surface area contributed by atoms with Gasteiger partial charge in [0.1, 0.15) is 0 Å². The van der Waals surface area contributed by atoms with Gasteiger partial charge in [0, 0.05) is 23.6 Å². The molecule has 0 aliphatic rings. The Kier molecular flexibility index (Phi) is 4.20. The number of carbonyl (C=O) groups excluding carboxylic acids is 2. The maximum atomic E-state index is 12.1. The molecule has 1 aromatic carbocycles. The number of esters is 1. The Morgan fingerprint density at radius 3 is 2.95 bits per heavy atom. The van der Waals surface area contributed by atoms with E-state index in [4.69, 9.17) is 4.74 Å². The van der Waals surface area contributed by atoms with Crippen molar-refractivity contribution in [1.29, 1.82) is 0 Å². The molecule has 2 aromatic rings. The molecule has 1 unspecified atom stereocenters. The first kappa shape index (κ1) is 13.9. The number of H-pyrrole nitrogens is 1. The Morgan fingerprint density at radius 2 is 2.20 bits per heavy atom. The van der Waals surface area contributed by atoms with Crippen molar-refractivity contribution in [2.24, 2.45) is 0 Å². The number of fused-ring (bicyclic) bond motifs is 1. The Hall–Kier alpha value is -2.56. The third-order valence-corrected chi connectivity index (χ3v) is 2.88. The van der Waals surface area contributed by atoms with Crippen LogP contribution in [-0.2, 0) is 9.53 Å². The van der Waals surface area contributed by atoms with Gasteiger partial charge in [0.05, 0.1) is 5.56 Å². The van der Waals surface area contributed by atoms with Gasteiger partial charge in [0.15, 0.2) is 6.10 Å². The third-order valence-electron chi connectivity index (χ3n) is 2.88. The van der Waals surface area contributed by atoms with Crippen molar-refractivity contribution in [3.8, 4) is 0 Å². The Labute approximate surface area is 116 Å². The molecule has 104 valence electrons. The first-order chi connectivity index (χ1) is 9.63. The lowest BCUT2D eigenvalue weighted by molar-refractivity contribution is -0.128. The molecular formula is C15H16N2O3. The van der Waals surface area contributed by atoms with E-state index < -0.39 is 12.1 Å². The molecule has 2 N–H and O–H groups in total. The minimum atomic E-state index is -0.851. The van der Waals surface area contributed by atoms with Gasteiger partial charge in [0.2, 0.25) is 0 Å². The van der Waals surface area contributed by atoms with E-state index in [1.54, 1.807) is 12.3 Å². The molecule has 20 heavy (non-hydrogen) atoms. The van der Waals surface area contributed by atoms with Gasteiger partial charge in [0.25, 0.3) is 5.91 Å². The van der Waals surface area contributed by atoms with Gasteiger partial charge >= 0.3 is 5.97 Å². The average Bonchev–Trinajstić information content (AvgIpc) is 2.88. The van der Waals surface area contributed by atoms with E-state index >= 15 is 0 Å². The van der Waals surface area contributed by atoms with Crippen LogP contribution in [0.2, 0.25) is 0 Å². The molecular weight excluding hydrogens is 256 g/mol. The number of ether oxygens (including phenoxy) is 1.